The molecule has 1 aromatic heterocycles. The zero-order valence-corrected chi connectivity index (χ0v) is 14.8. The van der Waals surface area contributed by atoms with Crippen LogP contribution in [0.5, 0.6) is 0 Å². The molecule has 0 radical (unpaired) electrons. The molecule has 0 unspecified atom stereocenters. The molecule has 1 N–H and O–H groups in total. The fourth-order valence-corrected chi connectivity index (χ4v) is 2.59. The minimum Gasteiger partial charge on any atom is -0.462 e. The van der Waals surface area contributed by atoms with Crippen LogP contribution in [0.25, 0.3) is 0 Å². The Bertz CT molecular complexity index is 755. The number of carbonyl (C=O) groups excluding carboxylic acids is 2. The van der Waals surface area contributed by atoms with E-state index in [1.54, 1.807) is 31.2 Å². The number of ether oxygens (including phenoxy) is 1. The van der Waals surface area contributed by atoms with Gasteiger partial charge in [0.25, 0.3) is 5.91 Å². The minimum atomic E-state index is -0.517. The summed E-state index contributed by atoms with van der Waals surface area (Å²) in [6, 6.07) is 6.59. The highest BCUT2D eigenvalue weighted by Crippen LogP contribution is 2.21. The lowest BCUT2D eigenvalue weighted by molar-refractivity contribution is 0.0527. The predicted molar refractivity (Wildman–Crippen MR) is 93.8 cm³/mol. The SMILES string of the molecule is CCOC(=O)c1ccccc1NC(=O)c1nc(SCC)ncc1Cl. The summed E-state index contributed by atoms with van der Waals surface area (Å²) in [7, 11) is 0. The van der Waals surface area contributed by atoms with Crippen molar-refractivity contribution in [3.05, 3.63) is 46.7 Å². The van der Waals surface area contributed by atoms with Crippen molar-refractivity contribution >= 4 is 40.9 Å². The zero-order chi connectivity index (χ0) is 17.5. The van der Waals surface area contributed by atoms with Crippen molar-refractivity contribution in [1.82, 2.24) is 9.97 Å². The molecule has 0 spiro atoms. The maximum atomic E-state index is 12.5. The lowest BCUT2D eigenvalue weighted by Crippen LogP contribution is -2.18. The van der Waals surface area contributed by atoms with Crippen molar-refractivity contribution in [1.29, 1.82) is 0 Å². The Morgan fingerprint density at radius 1 is 1.29 bits per heavy atom. The van der Waals surface area contributed by atoms with Crippen molar-refractivity contribution in [3.63, 3.8) is 0 Å². The second-order valence-corrected chi connectivity index (χ2v) is 6.14. The highest BCUT2D eigenvalue weighted by atomic mass is 35.5. The summed E-state index contributed by atoms with van der Waals surface area (Å²) in [5, 5.41) is 3.26. The van der Waals surface area contributed by atoms with Gasteiger partial charge >= 0.3 is 5.97 Å². The van der Waals surface area contributed by atoms with Gasteiger partial charge in [0.2, 0.25) is 0 Å². The molecule has 2 rings (SSSR count). The standard InChI is InChI=1S/C16H16ClN3O3S/c1-3-23-15(22)10-7-5-6-8-12(10)19-14(21)13-11(17)9-18-16(20-13)24-4-2/h5-9H,3-4H2,1-2H3,(H,19,21). The van der Waals surface area contributed by atoms with Gasteiger partial charge in [-0.3, -0.25) is 4.79 Å². The summed E-state index contributed by atoms with van der Waals surface area (Å²) >= 11 is 7.42. The number of hydrogen-bond acceptors (Lipinski definition) is 6. The Labute approximate surface area is 149 Å². The van der Waals surface area contributed by atoms with Crippen LogP contribution in [0.2, 0.25) is 5.02 Å². The van der Waals surface area contributed by atoms with E-state index in [0.29, 0.717) is 10.8 Å². The molecule has 0 bridgehead atoms. The van der Waals surface area contributed by atoms with Crippen LogP contribution < -0.4 is 5.32 Å². The van der Waals surface area contributed by atoms with Crippen LogP contribution in [0, 0.1) is 0 Å². The van der Waals surface area contributed by atoms with Crippen molar-refractivity contribution in [2.45, 2.75) is 19.0 Å². The van der Waals surface area contributed by atoms with Crippen LogP contribution in [0.4, 0.5) is 5.69 Å². The van der Waals surface area contributed by atoms with Crippen molar-refractivity contribution in [3.8, 4) is 0 Å². The summed E-state index contributed by atoms with van der Waals surface area (Å²) in [4.78, 5) is 32.7. The molecule has 0 aliphatic heterocycles. The first-order valence-corrected chi connectivity index (χ1v) is 8.66. The Balaban J connectivity index is 2.27. The van der Waals surface area contributed by atoms with Gasteiger partial charge in [0, 0.05) is 0 Å². The number of amides is 1. The number of thioether (sulfide) groups is 1. The molecule has 24 heavy (non-hydrogen) atoms. The monoisotopic (exact) mass is 365 g/mol. The van der Waals surface area contributed by atoms with Crippen molar-refractivity contribution in [2.24, 2.45) is 0 Å². The average Bonchev–Trinajstić information content (AvgIpc) is 2.57. The average molecular weight is 366 g/mol. The smallest absolute Gasteiger partial charge is 0.340 e. The van der Waals surface area contributed by atoms with Crippen LogP contribution in [-0.2, 0) is 4.74 Å². The van der Waals surface area contributed by atoms with Gasteiger partial charge in [0.15, 0.2) is 10.9 Å². The van der Waals surface area contributed by atoms with Gasteiger partial charge in [-0.15, -0.1) is 0 Å². The van der Waals surface area contributed by atoms with Gasteiger partial charge in [-0.1, -0.05) is 42.4 Å². The van der Waals surface area contributed by atoms with E-state index in [9.17, 15) is 9.59 Å². The molecule has 0 saturated heterocycles. The number of anilines is 1. The number of esters is 1. The fourth-order valence-electron chi connectivity index (χ4n) is 1.87. The van der Waals surface area contributed by atoms with Gasteiger partial charge in [-0.25, -0.2) is 14.8 Å². The van der Waals surface area contributed by atoms with Gasteiger partial charge < -0.3 is 10.1 Å². The molecule has 0 saturated carbocycles. The second-order valence-electron chi connectivity index (χ2n) is 4.50. The fraction of sp³-hybridized carbons (Fsp3) is 0.250. The number of nitrogens with zero attached hydrogens (tertiary/aromatic N) is 2. The molecule has 1 heterocycles. The first-order chi connectivity index (χ1) is 11.6. The van der Waals surface area contributed by atoms with E-state index in [2.05, 4.69) is 15.3 Å². The number of para-hydroxylation sites is 1. The van der Waals surface area contributed by atoms with Gasteiger partial charge in [0.1, 0.15) is 0 Å². The first kappa shape index (κ1) is 18.2. The van der Waals surface area contributed by atoms with Crippen LogP contribution in [0.1, 0.15) is 34.7 Å². The molecule has 0 aliphatic rings. The molecule has 126 valence electrons. The summed E-state index contributed by atoms with van der Waals surface area (Å²) < 4.78 is 4.99. The van der Waals surface area contributed by atoms with Crippen molar-refractivity contribution < 1.29 is 14.3 Å². The molecule has 1 amide bonds. The Kier molecular flexibility index (Phi) is 6.57. The third kappa shape index (κ3) is 4.46. The summed E-state index contributed by atoms with van der Waals surface area (Å²) in [5.74, 6) is -0.254. The predicted octanol–water partition coefficient (Wildman–Crippen LogP) is 3.67. The molecular formula is C16H16ClN3O3S. The number of aromatic nitrogens is 2. The third-order valence-electron chi connectivity index (χ3n) is 2.88. The lowest BCUT2D eigenvalue weighted by atomic mass is 10.1. The van der Waals surface area contributed by atoms with E-state index in [1.807, 2.05) is 6.92 Å². The van der Waals surface area contributed by atoms with E-state index in [1.165, 1.54) is 18.0 Å². The summed E-state index contributed by atoms with van der Waals surface area (Å²) in [5.41, 5.74) is 0.655. The second kappa shape index (κ2) is 8.65. The molecule has 0 atom stereocenters. The maximum absolute atomic E-state index is 12.5. The molecular weight excluding hydrogens is 350 g/mol. The maximum Gasteiger partial charge on any atom is 0.340 e. The Hall–Kier alpha value is -2.12. The number of hydrogen-bond donors (Lipinski definition) is 1. The number of rotatable bonds is 6. The summed E-state index contributed by atoms with van der Waals surface area (Å²) in [6.07, 6.45) is 1.39. The van der Waals surface area contributed by atoms with E-state index in [-0.39, 0.29) is 22.9 Å². The molecule has 1 aromatic carbocycles. The van der Waals surface area contributed by atoms with E-state index < -0.39 is 11.9 Å². The van der Waals surface area contributed by atoms with Gasteiger partial charge in [-0.05, 0) is 24.8 Å². The van der Waals surface area contributed by atoms with E-state index >= 15 is 0 Å². The largest absolute Gasteiger partial charge is 0.462 e. The lowest BCUT2D eigenvalue weighted by Gasteiger charge is -2.11. The van der Waals surface area contributed by atoms with Crippen molar-refractivity contribution in [2.75, 3.05) is 17.7 Å². The zero-order valence-electron chi connectivity index (χ0n) is 13.2. The topological polar surface area (TPSA) is 81.2 Å². The Morgan fingerprint density at radius 3 is 2.75 bits per heavy atom. The van der Waals surface area contributed by atoms with E-state index in [0.717, 1.165) is 5.75 Å². The van der Waals surface area contributed by atoms with Gasteiger partial charge in [-0.2, -0.15) is 0 Å². The Morgan fingerprint density at radius 2 is 2.04 bits per heavy atom. The normalized spacial score (nSPS) is 10.3. The van der Waals surface area contributed by atoms with Crippen LogP contribution in [0.3, 0.4) is 0 Å². The highest BCUT2D eigenvalue weighted by molar-refractivity contribution is 7.99. The molecule has 0 fully saturated rings. The van der Waals surface area contributed by atoms with Crippen LogP contribution in [0.15, 0.2) is 35.6 Å². The molecule has 0 aliphatic carbocycles. The summed E-state index contributed by atoms with van der Waals surface area (Å²) in [6.45, 7) is 3.92. The van der Waals surface area contributed by atoms with Crippen LogP contribution in [-0.4, -0.2) is 34.2 Å². The number of nitrogens with one attached hydrogen (secondary N) is 1. The van der Waals surface area contributed by atoms with Crippen LogP contribution >= 0.6 is 23.4 Å². The van der Waals surface area contributed by atoms with Gasteiger partial charge in [0.05, 0.1) is 29.1 Å². The number of carbonyl (C=O) groups is 2. The minimum absolute atomic E-state index is 0.0567. The third-order valence-corrected chi connectivity index (χ3v) is 3.90. The molecule has 2 aromatic rings. The quantitative estimate of drug-likeness (QED) is 0.478. The van der Waals surface area contributed by atoms with E-state index in [4.69, 9.17) is 16.3 Å². The number of benzene rings is 1. The highest BCUT2D eigenvalue weighted by Gasteiger charge is 2.18. The number of halogens is 1. The first-order valence-electron chi connectivity index (χ1n) is 7.29. The molecule has 8 heteroatoms. The molecule has 6 nitrogen and oxygen atoms in total.